The third-order valence-electron chi connectivity index (χ3n) is 3.97. The van der Waals surface area contributed by atoms with Crippen LogP contribution in [0, 0.1) is 11.7 Å². The van der Waals surface area contributed by atoms with Gasteiger partial charge in [-0.2, -0.15) is 0 Å². The summed E-state index contributed by atoms with van der Waals surface area (Å²) >= 11 is 0. The van der Waals surface area contributed by atoms with E-state index in [1.54, 1.807) is 42.3 Å². The molecular formula is C18H17FN2O3. The number of hydrogen-bond acceptors (Lipinski definition) is 3. The predicted octanol–water partition coefficient (Wildman–Crippen LogP) is 2.83. The molecule has 0 radical (unpaired) electrons. The molecule has 2 aromatic rings. The van der Waals surface area contributed by atoms with Gasteiger partial charge in [0.05, 0.1) is 13.0 Å². The summed E-state index contributed by atoms with van der Waals surface area (Å²) in [5, 5.41) is 2.66. The van der Waals surface area contributed by atoms with Crippen LogP contribution in [0.4, 0.5) is 15.8 Å². The van der Waals surface area contributed by atoms with Crippen molar-refractivity contribution in [2.75, 3.05) is 23.9 Å². The number of rotatable bonds is 4. The average Bonchev–Trinajstić information content (AvgIpc) is 2.97. The smallest absolute Gasteiger partial charge is 0.229 e. The highest BCUT2D eigenvalue weighted by Gasteiger charge is 2.35. The zero-order valence-corrected chi connectivity index (χ0v) is 13.2. The molecule has 2 aromatic carbocycles. The number of amides is 2. The van der Waals surface area contributed by atoms with Gasteiger partial charge in [0.15, 0.2) is 0 Å². The predicted molar refractivity (Wildman–Crippen MR) is 88.5 cm³/mol. The molecule has 1 saturated heterocycles. The third-order valence-corrected chi connectivity index (χ3v) is 3.97. The number of methoxy groups -OCH3 is 1. The zero-order chi connectivity index (χ0) is 17.1. The molecule has 2 amide bonds. The molecule has 0 bridgehead atoms. The number of carbonyl (C=O) groups excluding carboxylic acids is 2. The molecule has 1 atom stereocenters. The number of anilines is 2. The second kappa shape index (κ2) is 6.70. The fourth-order valence-corrected chi connectivity index (χ4v) is 2.71. The normalized spacial score (nSPS) is 17.0. The Balaban J connectivity index is 1.68. The van der Waals surface area contributed by atoms with Crippen molar-refractivity contribution in [3.8, 4) is 5.75 Å². The van der Waals surface area contributed by atoms with Gasteiger partial charge in [-0.3, -0.25) is 9.59 Å². The third kappa shape index (κ3) is 3.37. The fourth-order valence-electron chi connectivity index (χ4n) is 2.71. The van der Waals surface area contributed by atoms with Crippen LogP contribution in [0.2, 0.25) is 0 Å². The maximum atomic E-state index is 13.2. The van der Waals surface area contributed by atoms with E-state index in [1.807, 2.05) is 0 Å². The molecule has 124 valence electrons. The molecule has 1 unspecified atom stereocenters. The standard InChI is InChI=1S/C18H17FN2O3/c1-24-16-7-5-15(6-8-16)21-11-12(9-17(21)22)18(23)20-14-4-2-3-13(19)10-14/h2-8,10,12H,9,11H2,1H3,(H,20,23). The molecule has 3 rings (SSSR count). The summed E-state index contributed by atoms with van der Waals surface area (Å²) in [5.74, 6) is -0.589. The summed E-state index contributed by atoms with van der Waals surface area (Å²) < 4.78 is 18.3. The van der Waals surface area contributed by atoms with Crippen molar-refractivity contribution in [1.29, 1.82) is 0 Å². The average molecular weight is 328 g/mol. The Kier molecular flexibility index (Phi) is 4.46. The number of benzene rings is 2. The minimum Gasteiger partial charge on any atom is -0.497 e. The number of ether oxygens (including phenoxy) is 1. The van der Waals surface area contributed by atoms with Gasteiger partial charge in [-0.15, -0.1) is 0 Å². The number of halogens is 1. The van der Waals surface area contributed by atoms with E-state index in [0.717, 1.165) is 5.69 Å². The lowest BCUT2D eigenvalue weighted by atomic mass is 10.1. The molecule has 1 aliphatic heterocycles. The van der Waals surface area contributed by atoms with Crippen LogP contribution in [0.25, 0.3) is 0 Å². The fraction of sp³-hybridized carbons (Fsp3) is 0.222. The first-order chi connectivity index (χ1) is 11.6. The number of carbonyl (C=O) groups is 2. The summed E-state index contributed by atoms with van der Waals surface area (Å²) in [7, 11) is 1.57. The monoisotopic (exact) mass is 328 g/mol. The molecule has 1 aliphatic rings. The van der Waals surface area contributed by atoms with E-state index in [-0.39, 0.29) is 18.2 Å². The highest BCUT2D eigenvalue weighted by atomic mass is 19.1. The Labute approximate surface area is 139 Å². The molecule has 0 aliphatic carbocycles. The number of hydrogen-bond donors (Lipinski definition) is 1. The minimum absolute atomic E-state index is 0.112. The summed E-state index contributed by atoms with van der Waals surface area (Å²) in [4.78, 5) is 26.1. The molecule has 0 saturated carbocycles. The van der Waals surface area contributed by atoms with Gasteiger partial charge in [0, 0.05) is 24.3 Å². The second-order valence-corrected chi connectivity index (χ2v) is 5.60. The van der Waals surface area contributed by atoms with Gasteiger partial charge in [0.1, 0.15) is 11.6 Å². The molecule has 1 N–H and O–H groups in total. The molecular weight excluding hydrogens is 311 g/mol. The Morgan fingerprint density at radius 1 is 1.25 bits per heavy atom. The van der Waals surface area contributed by atoms with E-state index in [9.17, 15) is 14.0 Å². The highest BCUT2D eigenvalue weighted by molar-refractivity contribution is 6.03. The molecule has 1 heterocycles. The molecule has 0 aromatic heterocycles. The first-order valence-corrected chi connectivity index (χ1v) is 7.57. The van der Waals surface area contributed by atoms with Crippen LogP contribution in [0.3, 0.4) is 0 Å². The Bertz CT molecular complexity index is 761. The van der Waals surface area contributed by atoms with E-state index in [0.29, 0.717) is 18.0 Å². The largest absolute Gasteiger partial charge is 0.497 e. The minimum atomic E-state index is -0.470. The van der Waals surface area contributed by atoms with Gasteiger partial charge >= 0.3 is 0 Å². The highest BCUT2D eigenvalue weighted by Crippen LogP contribution is 2.27. The van der Waals surface area contributed by atoms with E-state index in [2.05, 4.69) is 5.32 Å². The molecule has 1 fully saturated rings. The first-order valence-electron chi connectivity index (χ1n) is 7.57. The van der Waals surface area contributed by atoms with Crippen molar-refractivity contribution in [1.82, 2.24) is 0 Å². The van der Waals surface area contributed by atoms with Crippen LogP contribution in [0.5, 0.6) is 5.75 Å². The van der Waals surface area contributed by atoms with Gasteiger partial charge in [-0.1, -0.05) is 6.07 Å². The lowest BCUT2D eigenvalue weighted by molar-refractivity contribution is -0.122. The molecule has 0 spiro atoms. The van der Waals surface area contributed by atoms with Crippen molar-refractivity contribution in [3.05, 3.63) is 54.3 Å². The quantitative estimate of drug-likeness (QED) is 0.939. The number of nitrogens with one attached hydrogen (secondary N) is 1. The number of nitrogens with zero attached hydrogens (tertiary/aromatic N) is 1. The van der Waals surface area contributed by atoms with Crippen LogP contribution in [0.1, 0.15) is 6.42 Å². The van der Waals surface area contributed by atoms with E-state index in [1.165, 1.54) is 18.2 Å². The molecule has 6 heteroatoms. The van der Waals surface area contributed by atoms with Crippen LogP contribution >= 0.6 is 0 Å². The van der Waals surface area contributed by atoms with E-state index >= 15 is 0 Å². The van der Waals surface area contributed by atoms with Gasteiger partial charge in [0.2, 0.25) is 11.8 Å². The maximum absolute atomic E-state index is 13.2. The Hall–Kier alpha value is -2.89. The Morgan fingerprint density at radius 2 is 2.00 bits per heavy atom. The van der Waals surface area contributed by atoms with Crippen LogP contribution in [-0.2, 0) is 9.59 Å². The Morgan fingerprint density at radius 3 is 2.67 bits per heavy atom. The van der Waals surface area contributed by atoms with Gasteiger partial charge in [-0.25, -0.2) is 4.39 Å². The first kappa shape index (κ1) is 16.0. The van der Waals surface area contributed by atoms with Crippen molar-refractivity contribution in [2.45, 2.75) is 6.42 Å². The van der Waals surface area contributed by atoms with E-state index < -0.39 is 11.7 Å². The van der Waals surface area contributed by atoms with Crippen molar-refractivity contribution in [3.63, 3.8) is 0 Å². The summed E-state index contributed by atoms with van der Waals surface area (Å²) in [6, 6.07) is 12.8. The van der Waals surface area contributed by atoms with Crippen LogP contribution in [0.15, 0.2) is 48.5 Å². The van der Waals surface area contributed by atoms with Crippen LogP contribution in [-0.4, -0.2) is 25.5 Å². The van der Waals surface area contributed by atoms with Crippen LogP contribution < -0.4 is 15.0 Å². The second-order valence-electron chi connectivity index (χ2n) is 5.60. The van der Waals surface area contributed by atoms with Gasteiger partial charge < -0.3 is 15.0 Å². The maximum Gasteiger partial charge on any atom is 0.229 e. The SMILES string of the molecule is COc1ccc(N2CC(C(=O)Nc3cccc(F)c3)CC2=O)cc1. The van der Waals surface area contributed by atoms with Gasteiger partial charge in [-0.05, 0) is 42.5 Å². The molecule has 5 nitrogen and oxygen atoms in total. The molecule has 24 heavy (non-hydrogen) atoms. The van der Waals surface area contributed by atoms with E-state index in [4.69, 9.17) is 4.74 Å². The van der Waals surface area contributed by atoms with Crippen molar-refractivity contribution in [2.24, 2.45) is 5.92 Å². The summed E-state index contributed by atoms with van der Waals surface area (Å²) in [6.07, 6.45) is 0.132. The topological polar surface area (TPSA) is 58.6 Å². The van der Waals surface area contributed by atoms with Crippen molar-refractivity contribution >= 4 is 23.2 Å². The zero-order valence-electron chi connectivity index (χ0n) is 13.2. The lowest BCUT2D eigenvalue weighted by Crippen LogP contribution is -2.28. The summed E-state index contributed by atoms with van der Waals surface area (Å²) in [6.45, 7) is 0.298. The van der Waals surface area contributed by atoms with Gasteiger partial charge in [0.25, 0.3) is 0 Å². The summed E-state index contributed by atoms with van der Waals surface area (Å²) in [5.41, 5.74) is 1.11. The lowest BCUT2D eigenvalue weighted by Gasteiger charge is -2.17. The van der Waals surface area contributed by atoms with Crippen molar-refractivity contribution < 1.29 is 18.7 Å².